The zero-order valence-corrected chi connectivity index (χ0v) is 26.3. The Labute approximate surface area is 269 Å². The highest BCUT2D eigenvalue weighted by molar-refractivity contribution is 7.90. The first kappa shape index (κ1) is 32.9. The molecule has 3 heterocycles. The number of hydrogen-bond acceptors (Lipinski definition) is 9. The Hall–Kier alpha value is -5.44. The Morgan fingerprint density at radius 3 is 2.40 bits per heavy atom. The molecular weight excluding hydrogens is 634 g/mol. The summed E-state index contributed by atoms with van der Waals surface area (Å²) in [4.78, 5) is 50.6. The summed E-state index contributed by atoms with van der Waals surface area (Å²) in [6.45, 7) is 3.46. The summed E-state index contributed by atoms with van der Waals surface area (Å²) < 4.78 is 57.7. The maximum atomic E-state index is 15.1. The highest BCUT2D eigenvalue weighted by Gasteiger charge is 2.44. The quantitative estimate of drug-likeness (QED) is 0.209. The second-order valence-electron chi connectivity index (χ2n) is 10.8. The van der Waals surface area contributed by atoms with Gasteiger partial charge in [-0.25, -0.2) is 36.9 Å². The van der Waals surface area contributed by atoms with E-state index >= 15 is 4.39 Å². The lowest BCUT2D eigenvalue weighted by Gasteiger charge is -2.40. The SMILES string of the molecule is CC[C@@H](C)N1CC(C(=O)Nc2ccc(Oc3ccnc(Nc4ccc(S(C)(=O)=O)cn4)c3)c(F)c2)C(=O)N(c2ccc(F)cc2)C1=O. The molecule has 15 heteroatoms. The molecule has 244 valence electrons. The molecule has 5 rings (SSSR count). The number of carbonyl (C=O) groups is 3. The molecule has 12 nitrogen and oxygen atoms in total. The van der Waals surface area contributed by atoms with Crippen LogP contribution < -0.4 is 20.3 Å². The molecule has 0 spiro atoms. The molecule has 2 atom stereocenters. The van der Waals surface area contributed by atoms with Crippen molar-refractivity contribution in [2.45, 2.75) is 31.2 Å². The Bertz CT molecular complexity index is 1930. The number of halogens is 2. The van der Waals surface area contributed by atoms with Crippen LogP contribution in [0.4, 0.5) is 36.6 Å². The number of anilines is 4. The topological polar surface area (TPSA) is 151 Å². The number of nitrogens with one attached hydrogen (secondary N) is 2. The zero-order chi connectivity index (χ0) is 33.9. The minimum absolute atomic E-state index is 0.0497. The smallest absolute Gasteiger partial charge is 0.331 e. The van der Waals surface area contributed by atoms with Crippen molar-refractivity contribution in [3.05, 3.63) is 90.8 Å². The second-order valence-corrected chi connectivity index (χ2v) is 12.8. The predicted molar refractivity (Wildman–Crippen MR) is 169 cm³/mol. The molecule has 2 N–H and O–H groups in total. The molecule has 1 fully saturated rings. The van der Waals surface area contributed by atoms with Crippen molar-refractivity contribution in [3.63, 3.8) is 0 Å². The fraction of sp³-hybridized carbons (Fsp3) is 0.219. The van der Waals surface area contributed by atoms with Gasteiger partial charge in [0.05, 0.1) is 10.6 Å². The van der Waals surface area contributed by atoms with E-state index in [1.54, 1.807) is 6.92 Å². The minimum atomic E-state index is -3.40. The molecule has 0 aliphatic carbocycles. The summed E-state index contributed by atoms with van der Waals surface area (Å²) in [5.74, 6) is -3.55. The molecule has 1 aliphatic heterocycles. The fourth-order valence-corrected chi connectivity index (χ4v) is 5.27. The molecule has 4 aromatic rings. The maximum Gasteiger partial charge on any atom is 0.331 e. The lowest BCUT2D eigenvalue weighted by atomic mass is 10.0. The van der Waals surface area contributed by atoms with E-state index in [-0.39, 0.29) is 40.4 Å². The number of pyridine rings is 2. The van der Waals surface area contributed by atoms with Crippen LogP contribution >= 0.6 is 0 Å². The standard InChI is InChI=1S/C32H30F2N6O6S/c1-4-19(2)39-18-25(31(42)40(32(39)43)22-8-5-20(33)6-9-22)30(41)37-21-7-11-27(26(34)15-21)46-23-13-14-35-29(16-23)38-28-12-10-24(17-36-28)47(3,44)45/h5-17,19,25H,4,18H2,1-3H3,(H,37,41)(H,35,36,38)/t19-,25?/m1/s1. The fourth-order valence-electron chi connectivity index (χ4n) is 4.71. The van der Waals surface area contributed by atoms with E-state index in [2.05, 4.69) is 20.6 Å². The summed E-state index contributed by atoms with van der Waals surface area (Å²) in [6, 6.07) is 13.4. The third kappa shape index (κ3) is 7.52. The van der Waals surface area contributed by atoms with Gasteiger partial charge in [-0.1, -0.05) is 6.92 Å². The van der Waals surface area contributed by atoms with E-state index in [0.29, 0.717) is 18.1 Å². The summed E-state index contributed by atoms with van der Waals surface area (Å²) >= 11 is 0. The maximum absolute atomic E-state index is 15.1. The summed E-state index contributed by atoms with van der Waals surface area (Å²) in [7, 11) is -3.40. The van der Waals surface area contributed by atoms with Gasteiger partial charge in [-0.05, 0) is 67.9 Å². The van der Waals surface area contributed by atoms with Crippen molar-refractivity contribution in [1.29, 1.82) is 0 Å². The predicted octanol–water partition coefficient (Wildman–Crippen LogP) is 5.52. The van der Waals surface area contributed by atoms with Crippen LogP contribution in [0.2, 0.25) is 0 Å². The van der Waals surface area contributed by atoms with E-state index in [9.17, 15) is 27.2 Å². The number of imide groups is 1. The van der Waals surface area contributed by atoms with Crippen LogP contribution in [0.1, 0.15) is 20.3 Å². The van der Waals surface area contributed by atoms with Crippen molar-refractivity contribution in [1.82, 2.24) is 14.9 Å². The van der Waals surface area contributed by atoms with Gasteiger partial charge in [-0.15, -0.1) is 0 Å². The lowest BCUT2D eigenvalue weighted by Crippen LogP contribution is -2.61. The van der Waals surface area contributed by atoms with Crippen molar-refractivity contribution in [2.75, 3.05) is 28.3 Å². The number of amides is 4. The van der Waals surface area contributed by atoms with Crippen LogP contribution in [0.15, 0.2) is 84.0 Å². The molecule has 47 heavy (non-hydrogen) atoms. The Morgan fingerprint density at radius 1 is 1.02 bits per heavy atom. The van der Waals surface area contributed by atoms with Gasteiger partial charge in [0.15, 0.2) is 21.4 Å². The highest BCUT2D eigenvalue weighted by atomic mass is 32.2. The molecular formula is C32H30F2N6O6S. The number of nitrogens with zero attached hydrogens (tertiary/aromatic N) is 4. The van der Waals surface area contributed by atoms with Crippen LogP contribution in [0, 0.1) is 17.6 Å². The number of carbonyl (C=O) groups excluding carboxylic acids is 3. The zero-order valence-electron chi connectivity index (χ0n) is 25.5. The number of benzene rings is 2. The lowest BCUT2D eigenvalue weighted by molar-refractivity contribution is -0.132. The summed E-state index contributed by atoms with van der Waals surface area (Å²) in [6.07, 6.45) is 4.26. The van der Waals surface area contributed by atoms with Gasteiger partial charge in [0.2, 0.25) is 11.8 Å². The van der Waals surface area contributed by atoms with Crippen LogP contribution in [0.5, 0.6) is 11.5 Å². The van der Waals surface area contributed by atoms with Gasteiger partial charge in [-0.3, -0.25) is 9.59 Å². The van der Waals surface area contributed by atoms with Gasteiger partial charge in [0, 0.05) is 49.1 Å². The number of sulfone groups is 1. The first-order valence-electron chi connectivity index (χ1n) is 14.4. The number of urea groups is 1. The van der Waals surface area contributed by atoms with Gasteiger partial charge in [-0.2, -0.15) is 0 Å². The summed E-state index contributed by atoms with van der Waals surface area (Å²) in [5.41, 5.74) is 0.170. The number of rotatable bonds is 10. The normalized spacial score (nSPS) is 15.7. The Kier molecular flexibility index (Phi) is 9.46. The van der Waals surface area contributed by atoms with Crippen LogP contribution in [-0.4, -0.2) is 60.0 Å². The first-order chi connectivity index (χ1) is 22.3. The van der Waals surface area contributed by atoms with E-state index < -0.39 is 45.2 Å². The first-order valence-corrected chi connectivity index (χ1v) is 16.3. The molecule has 2 aromatic carbocycles. The molecule has 1 unspecified atom stereocenters. The minimum Gasteiger partial charge on any atom is -0.454 e. The molecule has 0 radical (unpaired) electrons. The van der Waals surface area contributed by atoms with E-state index in [4.69, 9.17) is 4.74 Å². The van der Waals surface area contributed by atoms with Gasteiger partial charge in [0.1, 0.15) is 29.1 Å². The Morgan fingerprint density at radius 2 is 1.77 bits per heavy atom. The average Bonchev–Trinajstić information content (AvgIpc) is 3.03. The van der Waals surface area contributed by atoms with Gasteiger partial charge >= 0.3 is 6.03 Å². The largest absolute Gasteiger partial charge is 0.454 e. The van der Waals surface area contributed by atoms with Crippen molar-refractivity contribution >= 4 is 50.7 Å². The van der Waals surface area contributed by atoms with Crippen molar-refractivity contribution < 1.29 is 36.3 Å². The summed E-state index contributed by atoms with van der Waals surface area (Å²) in [5, 5.41) is 5.46. The molecule has 2 aromatic heterocycles. The van der Waals surface area contributed by atoms with Crippen LogP contribution in [0.25, 0.3) is 0 Å². The number of aromatic nitrogens is 2. The highest BCUT2D eigenvalue weighted by Crippen LogP contribution is 2.30. The monoisotopic (exact) mass is 664 g/mol. The molecule has 1 aliphatic rings. The van der Waals surface area contributed by atoms with Crippen LogP contribution in [0.3, 0.4) is 0 Å². The van der Waals surface area contributed by atoms with E-state index in [1.165, 1.54) is 65.8 Å². The Balaban J connectivity index is 1.28. The number of ether oxygens (including phenoxy) is 1. The average molecular weight is 665 g/mol. The third-order valence-corrected chi connectivity index (χ3v) is 8.54. The van der Waals surface area contributed by atoms with Gasteiger partial charge < -0.3 is 20.3 Å². The molecule has 0 saturated carbocycles. The molecule has 1 saturated heterocycles. The van der Waals surface area contributed by atoms with Gasteiger partial charge in [0.25, 0.3) is 0 Å². The van der Waals surface area contributed by atoms with E-state index in [1.807, 2.05) is 6.92 Å². The third-order valence-electron chi connectivity index (χ3n) is 7.44. The van der Waals surface area contributed by atoms with Crippen molar-refractivity contribution in [2.24, 2.45) is 5.92 Å². The molecule has 0 bridgehead atoms. The van der Waals surface area contributed by atoms with Crippen LogP contribution in [-0.2, 0) is 19.4 Å². The van der Waals surface area contributed by atoms with Crippen molar-refractivity contribution in [3.8, 4) is 11.5 Å². The number of hydrogen-bond donors (Lipinski definition) is 2. The van der Waals surface area contributed by atoms with E-state index in [0.717, 1.165) is 29.4 Å². The molecule has 4 amide bonds. The second kappa shape index (κ2) is 13.5.